The zero-order chi connectivity index (χ0) is 13.6. The molecule has 0 fully saturated rings. The first-order valence-electron chi connectivity index (χ1n) is 5.90. The number of fused-ring (bicyclic) bond motifs is 1. The number of H-pyrrole nitrogens is 1. The smallest absolute Gasteiger partial charge is 0.339 e. The van der Waals surface area contributed by atoms with Gasteiger partial charge >= 0.3 is 5.97 Å². The van der Waals surface area contributed by atoms with Gasteiger partial charge in [-0.3, -0.25) is 5.10 Å². The van der Waals surface area contributed by atoms with Crippen LogP contribution in [0.1, 0.15) is 15.9 Å². The number of aromatic nitrogens is 3. The quantitative estimate of drug-likeness (QED) is 0.739. The van der Waals surface area contributed by atoms with Crippen molar-refractivity contribution in [3.63, 3.8) is 0 Å². The van der Waals surface area contributed by atoms with Crippen molar-refractivity contribution in [2.45, 2.75) is 6.92 Å². The Morgan fingerprint density at radius 2 is 2.21 bits per heavy atom. The van der Waals surface area contributed by atoms with E-state index >= 15 is 0 Å². The summed E-state index contributed by atoms with van der Waals surface area (Å²) in [6, 6.07) is 6.12. The molecule has 2 aromatic heterocycles. The van der Waals surface area contributed by atoms with Crippen LogP contribution < -0.4 is 0 Å². The molecule has 2 heterocycles. The van der Waals surface area contributed by atoms with Crippen LogP contribution in [0.4, 0.5) is 0 Å². The summed E-state index contributed by atoms with van der Waals surface area (Å²) >= 11 is 0. The van der Waals surface area contributed by atoms with Crippen LogP contribution >= 0.6 is 0 Å². The van der Waals surface area contributed by atoms with Crippen LogP contribution in [-0.2, 0) is 7.05 Å². The Balaban J connectivity index is 2.33. The van der Waals surface area contributed by atoms with Gasteiger partial charge in [-0.15, -0.1) is 0 Å². The second-order valence-corrected chi connectivity index (χ2v) is 4.64. The number of hydrogen-bond acceptors (Lipinski definition) is 2. The normalized spacial score (nSPS) is 11.1. The Bertz CT molecular complexity index is 783. The second kappa shape index (κ2) is 3.98. The molecule has 5 heteroatoms. The summed E-state index contributed by atoms with van der Waals surface area (Å²) < 4.78 is 1.98. The van der Waals surface area contributed by atoms with Gasteiger partial charge in [0, 0.05) is 29.7 Å². The molecule has 0 saturated carbocycles. The summed E-state index contributed by atoms with van der Waals surface area (Å²) in [5, 5.41) is 16.8. The van der Waals surface area contributed by atoms with Gasteiger partial charge < -0.3 is 9.67 Å². The maximum atomic E-state index is 11.2. The Morgan fingerprint density at radius 3 is 2.95 bits per heavy atom. The minimum absolute atomic E-state index is 0.189. The highest BCUT2D eigenvalue weighted by Crippen LogP contribution is 2.31. The van der Waals surface area contributed by atoms with Crippen molar-refractivity contribution in [2.75, 3.05) is 0 Å². The average Bonchev–Trinajstić information content (AvgIpc) is 2.94. The van der Waals surface area contributed by atoms with Crippen LogP contribution in [0.25, 0.3) is 22.2 Å². The maximum absolute atomic E-state index is 11.2. The van der Waals surface area contributed by atoms with Crippen LogP contribution in [0.5, 0.6) is 0 Å². The Hall–Kier alpha value is -2.56. The Morgan fingerprint density at radius 1 is 1.42 bits per heavy atom. The number of rotatable bonds is 2. The van der Waals surface area contributed by atoms with E-state index in [0.717, 1.165) is 22.0 Å². The molecule has 2 N–H and O–H groups in total. The molecule has 0 aliphatic carbocycles. The molecular formula is C14H13N3O2. The first kappa shape index (κ1) is 11.5. The van der Waals surface area contributed by atoms with Crippen molar-refractivity contribution in [1.82, 2.24) is 14.8 Å². The monoisotopic (exact) mass is 255 g/mol. The van der Waals surface area contributed by atoms with E-state index in [-0.39, 0.29) is 5.56 Å². The van der Waals surface area contributed by atoms with Gasteiger partial charge in [0.15, 0.2) is 0 Å². The predicted molar refractivity (Wildman–Crippen MR) is 72.2 cm³/mol. The molecule has 0 amide bonds. The number of nitrogens with zero attached hydrogens (tertiary/aromatic N) is 2. The number of hydrogen-bond donors (Lipinski definition) is 2. The van der Waals surface area contributed by atoms with Crippen LogP contribution in [0, 0.1) is 6.92 Å². The minimum atomic E-state index is -0.978. The highest BCUT2D eigenvalue weighted by molar-refractivity contribution is 6.02. The fraction of sp³-hybridized carbons (Fsp3) is 0.143. The summed E-state index contributed by atoms with van der Waals surface area (Å²) in [7, 11) is 1.94. The summed E-state index contributed by atoms with van der Waals surface area (Å²) in [6.45, 7) is 2.02. The van der Waals surface area contributed by atoms with Crippen molar-refractivity contribution in [2.24, 2.45) is 7.05 Å². The third-order valence-electron chi connectivity index (χ3n) is 3.28. The molecular weight excluding hydrogens is 242 g/mol. The molecule has 0 spiro atoms. The van der Waals surface area contributed by atoms with Crippen LogP contribution in [-0.4, -0.2) is 25.8 Å². The van der Waals surface area contributed by atoms with Crippen molar-refractivity contribution in [1.29, 1.82) is 0 Å². The molecule has 0 unspecified atom stereocenters. The van der Waals surface area contributed by atoms with E-state index in [1.807, 2.05) is 36.9 Å². The maximum Gasteiger partial charge on any atom is 0.339 e. The third-order valence-corrected chi connectivity index (χ3v) is 3.28. The lowest BCUT2D eigenvalue weighted by Gasteiger charge is -1.99. The molecule has 1 aromatic carbocycles. The van der Waals surface area contributed by atoms with Gasteiger partial charge in [0.2, 0.25) is 0 Å². The second-order valence-electron chi connectivity index (χ2n) is 4.64. The zero-order valence-electron chi connectivity index (χ0n) is 10.6. The standard InChI is InChI=1S/C14H13N3O2/c1-8-3-4-12-9(5-8)11(7-17(12)2)13-10(14(18)19)6-15-16-13/h3-7H,1-2H3,(H,15,16)(H,18,19). The molecule has 19 heavy (non-hydrogen) atoms. The van der Waals surface area contributed by atoms with Crippen LogP contribution in [0.15, 0.2) is 30.6 Å². The van der Waals surface area contributed by atoms with Gasteiger partial charge in [0.1, 0.15) is 5.56 Å². The summed E-state index contributed by atoms with van der Waals surface area (Å²) in [5.74, 6) is -0.978. The molecule has 0 aliphatic heterocycles. The van der Waals surface area contributed by atoms with E-state index in [1.165, 1.54) is 6.20 Å². The lowest BCUT2D eigenvalue weighted by atomic mass is 10.1. The number of nitrogens with one attached hydrogen (secondary N) is 1. The van der Waals surface area contributed by atoms with E-state index in [9.17, 15) is 9.90 Å². The lowest BCUT2D eigenvalue weighted by molar-refractivity contribution is 0.0698. The molecule has 0 bridgehead atoms. The van der Waals surface area contributed by atoms with Crippen LogP contribution in [0.2, 0.25) is 0 Å². The number of carboxylic acids is 1. The predicted octanol–water partition coefficient (Wildman–Crippen LogP) is 2.58. The van der Waals surface area contributed by atoms with Gasteiger partial charge in [-0.2, -0.15) is 5.10 Å². The van der Waals surface area contributed by atoms with E-state index in [2.05, 4.69) is 16.3 Å². The molecule has 5 nitrogen and oxygen atoms in total. The van der Waals surface area contributed by atoms with Gasteiger partial charge in [0.05, 0.1) is 11.9 Å². The Kier molecular flexibility index (Phi) is 2.41. The number of aromatic carboxylic acids is 1. The first-order valence-corrected chi connectivity index (χ1v) is 5.90. The van der Waals surface area contributed by atoms with Gasteiger partial charge in [-0.05, 0) is 19.1 Å². The van der Waals surface area contributed by atoms with Gasteiger partial charge in [-0.1, -0.05) is 11.6 Å². The van der Waals surface area contributed by atoms with E-state index in [4.69, 9.17) is 0 Å². The summed E-state index contributed by atoms with van der Waals surface area (Å²) in [4.78, 5) is 11.2. The largest absolute Gasteiger partial charge is 0.478 e. The van der Waals surface area contributed by atoms with Crippen molar-refractivity contribution >= 4 is 16.9 Å². The fourth-order valence-electron chi connectivity index (χ4n) is 2.36. The Labute approximate surface area is 109 Å². The van der Waals surface area contributed by atoms with Gasteiger partial charge in [0.25, 0.3) is 0 Å². The highest BCUT2D eigenvalue weighted by Gasteiger charge is 2.18. The average molecular weight is 255 g/mol. The number of benzene rings is 1. The van der Waals surface area contributed by atoms with E-state index in [1.54, 1.807) is 0 Å². The number of carboxylic acid groups (broad SMARTS) is 1. The molecule has 3 aromatic rings. The third kappa shape index (κ3) is 1.71. The molecule has 0 saturated heterocycles. The minimum Gasteiger partial charge on any atom is -0.478 e. The van der Waals surface area contributed by atoms with Crippen LogP contribution in [0.3, 0.4) is 0 Å². The summed E-state index contributed by atoms with van der Waals surface area (Å²) in [6.07, 6.45) is 3.26. The fourth-order valence-corrected chi connectivity index (χ4v) is 2.36. The molecule has 0 aliphatic rings. The van der Waals surface area contributed by atoms with Gasteiger partial charge in [-0.25, -0.2) is 4.79 Å². The van der Waals surface area contributed by atoms with Crippen molar-refractivity contribution in [3.05, 3.63) is 41.7 Å². The number of aryl methyl sites for hydroxylation is 2. The molecule has 3 rings (SSSR count). The topological polar surface area (TPSA) is 70.9 Å². The van der Waals surface area contributed by atoms with E-state index in [0.29, 0.717) is 5.69 Å². The molecule has 0 atom stereocenters. The molecule has 0 radical (unpaired) electrons. The first-order chi connectivity index (χ1) is 9.08. The number of carbonyl (C=O) groups is 1. The van der Waals surface area contributed by atoms with Crippen molar-refractivity contribution < 1.29 is 9.90 Å². The summed E-state index contributed by atoms with van der Waals surface area (Å²) in [5.41, 5.74) is 3.79. The lowest BCUT2D eigenvalue weighted by Crippen LogP contribution is -1.96. The SMILES string of the molecule is Cc1ccc2c(c1)c(-c1[nH]ncc1C(=O)O)cn2C. The zero-order valence-corrected chi connectivity index (χ0v) is 10.6. The molecule has 96 valence electrons. The number of aromatic amines is 1. The van der Waals surface area contributed by atoms with E-state index < -0.39 is 5.97 Å². The van der Waals surface area contributed by atoms with Crippen molar-refractivity contribution in [3.8, 4) is 11.3 Å². The highest BCUT2D eigenvalue weighted by atomic mass is 16.4.